The lowest BCUT2D eigenvalue weighted by atomic mass is 9.95. The average Bonchev–Trinajstić information content (AvgIpc) is 3.22. The Bertz CT molecular complexity index is 1430. The van der Waals surface area contributed by atoms with E-state index in [1.54, 1.807) is 43.3 Å². The van der Waals surface area contributed by atoms with Gasteiger partial charge in [-0.05, 0) is 94.3 Å². The number of esters is 1. The van der Waals surface area contributed by atoms with E-state index in [1.807, 2.05) is 26.8 Å². The Morgan fingerprint density at radius 2 is 1.70 bits per heavy atom. The van der Waals surface area contributed by atoms with Gasteiger partial charge in [-0.3, -0.25) is 9.10 Å². The van der Waals surface area contributed by atoms with Crippen LogP contribution in [-0.2, 0) is 32.4 Å². The van der Waals surface area contributed by atoms with Crippen LogP contribution in [0.3, 0.4) is 0 Å². The third-order valence-corrected chi connectivity index (χ3v) is 9.57. The molecule has 1 aromatic heterocycles. The first-order chi connectivity index (χ1) is 17.6. The van der Waals surface area contributed by atoms with Crippen LogP contribution in [0.4, 0.5) is 10.7 Å². The van der Waals surface area contributed by atoms with Crippen molar-refractivity contribution in [1.29, 1.82) is 0 Å². The molecule has 3 aromatic rings. The maximum absolute atomic E-state index is 13.7. The molecule has 0 fully saturated rings. The van der Waals surface area contributed by atoms with Crippen LogP contribution in [0, 0.1) is 20.8 Å². The molecule has 0 atom stereocenters. The maximum Gasteiger partial charge on any atom is 0.341 e. The van der Waals surface area contributed by atoms with E-state index < -0.39 is 28.4 Å². The van der Waals surface area contributed by atoms with Crippen molar-refractivity contribution in [1.82, 2.24) is 0 Å². The number of rotatable bonds is 8. The van der Waals surface area contributed by atoms with E-state index in [1.165, 1.54) is 11.3 Å². The number of sulfonamides is 1. The molecule has 196 valence electrons. The van der Waals surface area contributed by atoms with Gasteiger partial charge in [0.05, 0.1) is 22.8 Å². The zero-order valence-corrected chi connectivity index (χ0v) is 23.2. The van der Waals surface area contributed by atoms with Gasteiger partial charge in [0.1, 0.15) is 11.5 Å². The number of benzene rings is 2. The van der Waals surface area contributed by atoms with Crippen molar-refractivity contribution in [2.75, 3.05) is 22.8 Å². The van der Waals surface area contributed by atoms with Gasteiger partial charge in [0, 0.05) is 4.88 Å². The molecule has 0 unspecified atom stereocenters. The molecule has 1 aliphatic rings. The fourth-order valence-corrected chi connectivity index (χ4v) is 7.11. The Hall–Kier alpha value is -3.17. The number of nitrogens with zero attached hydrogens (tertiary/aromatic N) is 1. The van der Waals surface area contributed by atoms with Gasteiger partial charge >= 0.3 is 5.97 Å². The Morgan fingerprint density at radius 1 is 1.00 bits per heavy atom. The van der Waals surface area contributed by atoms with E-state index in [-0.39, 0.29) is 11.5 Å². The van der Waals surface area contributed by atoms with Crippen molar-refractivity contribution in [3.63, 3.8) is 0 Å². The molecule has 0 saturated carbocycles. The van der Waals surface area contributed by atoms with Crippen molar-refractivity contribution in [2.24, 2.45) is 0 Å². The molecule has 37 heavy (non-hydrogen) atoms. The second-order valence-corrected chi connectivity index (χ2v) is 12.2. The van der Waals surface area contributed by atoms with Crippen molar-refractivity contribution in [3.8, 4) is 0 Å². The third kappa shape index (κ3) is 5.72. The maximum atomic E-state index is 13.7. The largest absolute Gasteiger partial charge is 0.462 e. The number of ether oxygens (including phenoxy) is 1. The fraction of sp³-hybridized carbons (Fsp3) is 0.357. The van der Waals surface area contributed by atoms with Gasteiger partial charge in [0.15, 0.2) is 0 Å². The standard InChI is InChI=1S/C28H32N2O5S2/c1-5-35-28(32)26-23-8-6-7-9-24(23)36-27(26)29-25(31)17-30(21-13-12-19(3)20(4)16-21)37(33,34)22-14-10-18(2)11-15-22/h10-16H,5-9,17H2,1-4H3,(H,29,31). The zero-order chi connectivity index (χ0) is 26.7. The van der Waals surface area contributed by atoms with Crippen LogP contribution < -0.4 is 9.62 Å². The summed E-state index contributed by atoms with van der Waals surface area (Å²) in [5, 5.41) is 3.26. The summed E-state index contributed by atoms with van der Waals surface area (Å²) in [6.07, 6.45) is 3.60. The first-order valence-electron chi connectivity index (χ1n) is 12.4. The summed E-state index contributed by atoms with van der Waals surface area (Å²) in [6, 6.07) is 11.9. The number of amides is 1. The number of aryl methyl sites for hydroxylation is 4. The SMILES string of the molecule is CCOC(=O)c1c(NC(=O)CN(c2ccc(C)c(C)c2)S(=O)(=O)c2ccc(C)cc2)sc2c1CCCC2. The summed E-state index contributed by atoms with van der Waals surface area (Å²) in [5.74, 6) is -0.992. The highest BCUT2D eigenvalue weighted by molar-refractivity contribution is 7.92. The summed E-state index contributed by atoms with van der Waals surface area (Å²) in [5.41, 5.74) is 4.59. The molecule has 1 aliphatic carbocycles. The van der Waals surface area contributed by atoms with Crippen LogP contribution in [0.2, 0.25) is 0 Å². The van der Waals surface area contributed by atoms with E-state index in [9.17, 15) is 18.0 Å². The molecule has 0 saturated heterocycles. The monoisotopic (exact) mass is 540 g/mol. The third-order valence-electron chi connectivity index (χ3n) is 6.58. The molecule has 1 heterocycles. The first-order valence-corrected chi connectivity index (χ1v) is 14.7. The zero-order valence-electron chi connectivity index (χ0n) is 21.6. The van der Waals surface area contributed by atoms with Gasteiger partial charge in [-0.15, -0.1) is 11.3 Å². The second-order valence-electron chi connectivity index (χ2n) is 9.28. The van der Waals surface area contributed by atoms with Crippen LogP contribution in [0.5, 0.6) is 0 Å². The quantitative estimate of drug-likeness (QED) is 0.378. The van der Waals surface area contributed by atoms with Gasteiger partial charge in [0.2, 0.25) is 5.91 Å². The van der Waals surface area contributed by atoms with Crippen LogP contribution in [0.25, 0.3) is 0 Å². The molecule has 9 heteroatoms. The molecule has 7 nitrogen and oxygen atoms in total. The highest BCUT2D eigenvalue weighted by Crippen LogP contribution is 2.38. The predicted molar refractivity (Wildman–Crippen MR) is 147 cm³/mol. The Morgan fingerprint density at radius 3 is 2.38 bits per heavy atom. The Balaban J connectivity index is 1.69. The van der Waals surface area contributed by atoms with Crippen LogP contribution in [0.15, 0.2) is 47.4 Å². The minimum atomic E-state index is -4.04. The lowest BCUT2D eigenvalue weighted by Crippen LogP contribution is -2.38. The molecular weight excluding hydrogens is 508 g/mol. The van der Waals surface area contributed by atoms with E-state index >= 15 is 0 Å². The lowest BCUT2D eigenvalue weighted by Gasteiger charge is -2.25. The van der Waals surface area contributed by atoms with Crippen LogP contribution in [0.1, 0.15) is 57.3 Å². The van der Waals surface area contributed by atoms with Gasteiger partial charge in [0.25, 0.3) is 10.0 Å². The summed E-state index contributed by atoms with van der Waals surface area (Å²) < 4.78 is 33.8. The smallest absolute Gasteiger partial charge is 0.341 e. The van der Waals surface area contributed by atoms with Crippen molar-refractivity contribution < 1.29 is 22.7 Å². The average molecular weight is 541 g/mol. The molecule has 4 rings (SSSR count). The van der Waals surface area contributed by atoms with Gasteiger partial charge < -0.3 is 10.1 Å². The number of thiophene rings is 1. The molecule has 0 radical (unpaired) electrons. The Labute approximate surface area is 222 Å². The number of carbonyl (C=O) groups is 2. The number of anilines is 2. The molecule has 2 aromatic carbocycles. The number of hydrogen-bond acceptors (Lipinski definition) is 6. The number of nitrogens with one attached hydrogen (secondary N) is 1. The van der Waals surface area contributed by atoms with E-state index in [4.69, 9.17) is 4.74 Å². The summed E-state index contributed by atoms with van der Waals surface area (Å²) in [4.78, 5) is 27.3. The number of fused-ring (bicyclic) bond motifs is 1. The molecule has 1 amide bonds. The molecular formula is C28H32N2O5S2. The van der Waals surface area contributed by atoms with Gasteiger partial charge in [-0.2, -0.15) is 0 Å². The minimum Gasteiger partial charge on any atom is -0.462 e. The van der Waals surface area contributed by atoms with Gasteiger partial charge in [-0.1, -0.05) is 23.8 Å². The normalized spacial score (nSPS) is 13.1. The molecule has 1 N–H and O–H groups in total. The topological polar surface area (TPSA) is 92.8 Å². The predicted octanol–water partition coefficient (Wildman–Crippen LogP) is 5.56. The highest BCUT2D eigenvalue weighted by atomic mass is 32.2. The Kier molecular flexibility index (Phi) is 8.04. The molecule has 0 spiro atoms. The number of carbonyl (C=O) groups excluding carboxylic acids is 2. The second kappa shape index (κ2) is 11.1. The van der Waals surface area contributed by atoms with Crippen molar-refractivity contribution in [3.05, 3.63) is 75.2 Å². The summed E-state index contributed by atoms with van der Waals surface area (Å²) in [6.45, 7) is 7.26. The van der Waals surface area contributed by atoms with Crippen LogP contribution >= 0.6 is 11.3 Å². The number of hydrogen-bond donors (Lipinski definition) is 1. The van der Waals surface area contributed by atoms with Crippen LogP contribution in [-0.4, -0.2) is 33.4 Å². The fourth-order valence-electron chi connectivity index (χ4n) is 4.40. The first kappa shape index (κ1) is 26.9. The van der Waals surface area contributed by atoms with Gasteiger partial charge in [-0.25, -0.2) is 13.2 Å². The van der Waals surface area contributed by atoms with Crippen molar-refractivity contribution in [2.45, 2.75) is 58.3 Å². The highest BCUT2D eigenvalue weighted by Gasteiger charge is 2.30. The molecule has 0 bridgehead atoms. The minimum absolute atomic E-state index is 0.0999. The summed E-state index contributed by atoms with van der Waals surface area (Å²) in [7, 11) is -4.04. The summed E-state index contributed by atoms with van der Waals surface area (Å²) >= 11 is 1.38. The van der Waals surface area contributed by atoms with E-state index in [0.29, 0.717) is 16.3 Å². The van der Waals surface area contributed by atoms with E-state index in [2.05, 4.69) is 5.32 Å². The molecule has 0 aliphatic heterocycles. The van der Waals surface area contributed by atoms with E-state index in [0.717, 1.165) is 57.1 Å². The van der Waals surface area contributed by atoms with Crippen molar-refractivity contribution >= 4 is 43.9 Å². The lowest BCUT2D eigenvalue weighted by molar-refractivity contribution is -0.114.